The third-order valence-electron chi connectivity index (χ3n) is 4.08. The van der Waals surface area contributed by atoms with Gasteiger partial charge in [-0.1, -0.05) is 28.1 Å². The van der Waals surface area contributed by atoms with Crippen LogP contribution in [0.15, 0.2) is 34.3 Å². The first-order valence-electron chi connectivity index (χ1n) is 9.19. The molecule has 0 spiro atoms. The van der Waals surface area contributed by atoms with Crippen LogP contribution in [0.1, 0.15) is 49.9 Å². The summed E-state index contributed by atoms with van der Waals surface area (Å²) in [5, 5.41) is 9.46. The maximum absolute atomic E-state index is 12.8. The van der Waals surface area contributed by atoms with Gasteiger partial charge in [-0.3, -0.25) is 4.79 Å². The van der Waals surface area contributed by atoms with Crippen LogP contribution in [0, 0.1) is 18.3 Å². The third kappa shape index (κ3) is 5.65. The summed E-state index contributed by atoms with van der Waals surface area (Å²) in [6, 6.07) is 9.07. The van der Waals surface area contributed by atoms with Crippen molar-refractivity contribution < 1.29 is 23.9 Å². The van der Waals surface area contributed by atoms with Gasteiger partial charge in [0.2, 0.25) is 0 Å². The van der Waals surface area contributed by atoms with Gasteiger partial charge in [-0.05, 0) is 50.1 Å². The molecule has 2 aromatic rings. The second-order valence-electron chi connectivity index (χ2n) is 6.12. The van der Waals surface area contributed by atoms with Crippen molar-refractivity contribution in [3.8, 4) is 6.07 Å². The van der Waals surface area contributed by atoms with Crippen molar-refractivity contribution in [2.45, 2.75) is 27.2 Å². The molecule has 0 atom stereocenters. The zero-order chi connectivity index (χ0) is 22.3. The number of hydrogen-bond acceptors (Lipinski definition) is 7. The van der Waals surface area contributed by atoms with E-state index in [4.69, 9.17) is 9.47 Å². The largest absolute Gasteiger partial charge is 0.462 e. The Balaban J connectivity index is 2.41. The molecule has 1 aromatic heterocycles. The lowest BCUT2D eigenvalue weighted by molar-refractivity contribution is -0.114. The molecule has 6 nitrogen and oxygen atoms in total. The number of rotatable bonds is 8. The average Bonchev–Trinajstić information content (AvgIpc) is 3.03. The number of halogens is 1. The van der Waals surface area contributed by atoms with E-state index in [0.29, 0.717) is 16.0 Å². The fourth-order valence-electron chi connectivity index (χ4n) is 2.70. The van der Waals surface area contributed by atoms with Gasteiger partial charge in [0.05, 0.1) is 24.4 Å². The van der Waals surface area contributed by atoms with E-state index in [9.17, 15) is 19.6 Å². The van der Waals surface area contributed by atoms with Gasteiger partial charge in [-0.15, -0.1) is 11.3 Å². The number of nitrogens with zero attached hydrogens (tertiary/aromatic N) is 1. The molecular weight excluding hydrogens is 470 g/mol. The summed E-state index contributed by atoms with van der Waals surface area (Å²) in [6.45, 7) is 5.32. The lowest BCUT2D eigenvalue weighted by atomic mass is 10.0. The molecule has 0 saturated heterocycles. The molecule has 0 bridgehead atoms. The van der Waals surface area contributed by atoms with E-state index in [1.54, 1.807) is 45.0 Å². The molecule has 156 valence electrons. The normalized spacial score (nSPS) is 11.0. The second-order valence-corrected chi connectivity index (χ2v) is 8.14. The summed E-state index contributed by atoms with van der Waals surface area (Å²) >= 11 is 4.35. The van der Waals surface area contributed by atoms with Crippen molar-refractivity contribution in [2.24, 2.45) is 0 Å². The van der Waals surface area contributed by atoms with Crippen LogP contribution < -0.4 is 0 Å². The number of thiophene rings is 1. The number of nitriles is 1. The molecule has 1 heterocycles. The number of benzene rings is 1. The Bertz CT molecular complexity index is 1030. The van der Waals surface area contributed by atoms with Crippen molar-refractivity contribution in [1.29, 1.82) is 5.26 Å². The standard InChI is InChI=1S/C22H20BrNO5S/c1-4-28-21(26)19-13(3)20(22(27)29-5-2)30-18(19)11-17(25)15(12-24)10-14-6-8-16(23)9-7-14/h6-10H,4-5,11H2,1-3H3. The molecular formula is C22H20BrNO5S. The summed E-state index contributed by atoms with van der Waals surface area (Å²) in [4.78, 5) is 38.1. The molecule has 0 aliphatic heterocycles. The highest BCUT2D eigenvalue weighted by atomic mass is 79.9. The first-order chi connectivity index (χ1) is 14.3. The van der Waals surface area contributed by atoms with Crippen molar-refractivity contribution in [3.05, 3.63) is 60.8 Å². The van der Waals surface area contributed by atoms with Crippen molar-refractivity contribution >= 4 is 51.1 Å². The second kappa shape index (κ2) is 10.9. The highest BCUT2D eigenvalue weighted by molar-refractivity contribution is 9.10. The Morgan fingerprint density at radius 1 is 1.10 bits per heavy atom. The van der Waals surface area contributed by atoms with Crippen LogP contribution in [0.25, 0.3) is 6.08 Å². The van der Waals surface area contributed by atoms with Gasteiger partial charge in [0.15, 0.2) is 5.78 Å². The molecule has 0 aliphatic carbocycles. The topological polar surface area (TPSA) is 93.5 Å². The first kappa shape index (κ1) is 23.5. The predicted octanol–water partition coefficient (Wildman–Crippen LogP) is 4.89. The predicted molar refractivity (Wildman–Crippen MR) is 117 cm³/mol. The van der Waals surface area contributed by atoms with Gasteiger partial charge in [0, 0.05) is 15.8 Å². The lowest BCUT2D eigenvalue weighted by Gasteiger charge is -2.05. The van der Waals surface area contributed by atoms with E-state index in [1.807, 2.05) is 6.07 Å². The van der Waals surface area contributed by atoms with E-state index in [-0.39, 0.29) is 35.6 Å². The third-order valence-corrected chi connectivity index (χ3v) is 5.88. The smallest absolute Gasteiger partial charge is 0.348 e. The number of esters is 2. The van der Waals surface area contributed by atoms with Gasteiger partial charge < -0.3 is 9.47 Å². The highest BCUT2D eigenvalue weighted by Gasteiger charge is 2.27. The molecule has 0 unspecified atom stereocenters. The number of hydrogen-bond donors (Lipinski definition) is 0. The van der Waals surface area contributed by atoms with E-state index in [1.165, 1.54) is 6.08 Å². The van der Waals surface area contributed by atoms with Crippen LogP contribution >= 0.6 is 27.3 Å². The highest BCUT2D eigenvalue weighted by Crippen LogP contribution is 2.31. The van der Waals surface area contributed by atoms with Crippen LogP contribution in [0.4, 0.5) is 0 Å². The van der Waals surface area contributed by atoms with Gasteiger partial charge in [-0.2, -0.15) is 5.26 Å². The summed E-state index contributed by atoms with van der Waals surface area (Å²) in [6.07, 6.45) is 1.29. The van der Waals surface area contributed by atoms with E-state index in [0.717, 1.165) is 15.8 Å². The van der Waals surface area contributed by atoms with Gasteiger partial charge in [0.1, 0.15) is 10.9 Å². The van der Waals surface area contributed by atoms with E-state index < -0.39 is 17.7 Å². The Hall–Kier alpha value is -2.76. The van der Waals surface area contributed by atoms with E-state index in [2.05, 4.69) is 15.9 Å². The van der Waals surface area contributed by atoms with Gasteiger partial charge in [0.25, 0.3) is 0 Å². The monoisotopic (exact) mass is 489 g/mol. The maximum Gasteiger partial charge on any atom is 0.348 e. The Kier molecular flexibility index (Phi) is 8.51. The molecule has 8 heteroatoms. The van der Waals surface area contributed by atoms with Crippen molar-refractivity contribution in [3.63, 3.8) is 0 Å². The quantitative estimate of drug-likeness (QED) is 0.297. The fraction of sp³-hybridized carbons (Fsp3) is 0.273. The number of ether oxygens (including phenoxy) is 2. The van der Waals surface area contributed by atoms with Crippen LogP contribution in [0.2, 0.25) is 0 Å². The SMILES string of the molecule is CCOC(=O)c1sc(CC(=O)C(C#N)=Cc2ccc(Br)cc2)c(C(=O)OCC)c1C. The summed E-state index contributed by atoms with van der Waals surface area (Å²) < 4.78 is 11.0. The minimum absolute atomic E-state index is 0.0455. The molecule has 0 aliphatic rings. The van der Waals surface area contributed by atoms with Gasteiger partial charge in [-0.25, -0.2) is 9.59 Å². The van der Waals surface area contributed by atoms with Crippen LogP contribution in [-0.4, -0.2) is 30.9 Å². The zero-order valence-corrected chi connectivity index (χ0v) is 19.2. The van der Waals surface area contributed by atoms with Gasteiger partial charge >= 0.3 is 11.9 Å². The zero-order valence-electron chi connectivity index (χ0n) is 16.8. The summed E-state index contributed by atoms with van der Waals surface area (Å²) in [5.74, 6) is -1.63. The number of ketones is 1. The number of allylic oxidation sites excluding steroid dienone is 1. The summed E-state index contributed by atoms with van der Waals surface area (Å²) in [7, 11) is 0. The molecule has 0 radical (unpaired) electrons. The Morgan fingerprint density at radius 2 is 1.70 bits per heavy atom. The van der Waals surface area contributed by atoms with E-state index >= 15 is 0 Å². The Labute approximate surface area is 187 Å². The average molecular weight is 490 g/mol. The molecule has 1 aromatic carbocycles. The Morgan fingerprint density at radius 3 is 2.27 bits per heavy atom. The van der Waals surface area contributed by atoms with Crippen LogP contribution in [0.5, 0.6) is 0 Å². The number of Topliss-reactive ketones (excluding diaryl/α,β-unsaturated/α-hetero) is 1. The molecule has 30 heavy (non-hydrogen) atoms. The minimum Gasteiger partial charge on any atom is -0.462 e. The maximum atomic E-state index is 12.8. The molecule has 0 amide bonds. The minimum atomic E-state index is -0.611. The molecule has 0 N–H and O–H groups in total. The number of carbonyl (C=O) groups is 3. The number of carbonyl (C=O) groups excluding carboxylic acids is 3. The summed E-state index contributed by atoms with van der Waals surface area (Å²) in [5.41, 5.74) is 1.24. The molecule has 0 fully saturated rings. The molecule has 2 rings (SSSR count). The van der Waals surface area contributed by atoms with Crippen LogP contribution in [-0.2, 0) is 20.7 Å². The van der Waals surface area contributed by atoms with Crippen molar-refractivity contribution in [1.82, 2.24) is 0 Å². The lowest BCUT2D eigenvalue weighted by Crippen LogP contribution is -2.12. The molecule has 0 saturated carbocycles. The fourth-order valence-corrected chi connectivity index (χ4v) is 4.15. The van der Waals surface area contributed by atoms with Crippen molar-refractivity contribution in [2.75, 3.05) is 13.2 Å². The van der Waals surface area contributed by atoms with Crippen LogP contribution in [0.3, 0.4) is 0 Å². The first-order valence-corrected chi connectivity index (χ1v) is 10.8.